The first-order valence-electron chi connectivity index (χ1n) is 7.77. The molecule has 1 N–H and O–H groups in total. The molecular formula is C16H20N6. The maximum atomic E-state index is 4.54. The van der Waals surface area contributed by atoms with Crippen LogP contribution in [0.15, 0.2) is 24.8 Å². The van der Waals surface area contributed by atoms with Crippen LogP contribution in [0.5, 0.6) is 0 Å². The van der Waals surface area contributed by atoms with Crippen LogP contribution in [0.4, 0.5) is 5.82 Å². The lowest BCUT2D eigenvalue weighted by Crippen LogP contribution is -2.37. The highest BCUT2D eigenvalue weighted by Crippen LogP contribution is 2.29. The summed E-state index contributed by atoms with van der Waals surface area (Å²) in [5, 5.41) is 5.59. The number of anilines is 1. The van der Waals surface area contributed by atoms with Crippen LogP contribution in [-0.4, -0.2) is 37.8 Å². The maximum absolute atomic E-state index is 4.54. The monoisotopic (exact) mass is 296 g/mol. The number of nitrogens with zero attached hydrogens (tertiary/aromatic N) is 5. The Morgan fingerprint density at radius 1 is 1.27 bits per heavy atom. The highest BCUT2D eigenvalue weighted by atomic mass is 15.3. The molecule has 1 aliphatic heterocycles. The van der Waals surface area contributed by atoms with Crippen LogP contribution in [0.3, 0.4) is 0 Å². The van der Waals surface area contributed by atoms with Gasteiger partial charge in [0, 0.05) is 25.0 Å². The van der Waals surface area contributed by atoms with E-state index in [4.69, 9.17) is 0 Å². The van der Waals surface area contributed by atoms with Crippen LogP contribution < -0.4 is 4.90 Å². The summed E-state index contributed by atoms with van der Waals surface area (Å²) in [6.45, 7) is 6.11. The number of fused-ring (bicyclic) bond motifs is 1. The SMILES string of the molecule is Cc1cnn(C2CCCN(c3ncnc4[nH]c(C)cc34)C2)c1. The number of hydrogen-bond donors (Lipinski definition) is 1. The van der Waals surface area contributed by atoms with Crippen LogP contribution >= 0.6 is 0 Å². The molecule has 0 radical (unpaired) electrons. The fourth-order valence-corrected chi connectivity index (χ4v) is 3.31. The van der Waals surface area contributed by atoms with E-state index in [2.05, 4.69) is 55.7 Å². The Bertz CT molecular complexity index is 802. The van der Waals surface area contributed by atoms with Crippen molar-refractivity contribution in [1.82, 2.24) is 24.7 Å². The van der Waals surface area contributed by atoms with E-state index in [9.17, 15) is 0 Å². The molecule has 0 amide bonds. The Labute approximate surface area is 129 Å². The summed E-state index contributed by atoms with van der Waals surface area (Å²) >= 11 is 0. The summed E-state index contributed by atoms with van der Waals surface area (Å²) in [4.78, 5) is 14.5. The van der Waals surface area contributed by atoms with Gasteiger partial charge in [0.1, 0.15) is 17.8 Å². The number of piperidine rings is 1. The largest absolute Gasteiger partial charge is 0.354 e. The van der Waals surface area contributed by atoms with Gasteiger partial charge in [-0.15, -0.1) is 0 Å². The number of H-pyrrole nitrogens is 1. The summed E-state index contributed by atoms with van der Waals surface area (Å²) in [7, 11) is 0. The van der Waals surface area contributed by atoms with Crippen molar-refractivity contribution in [3.05, 3.63) is 36.0 Å². The fourth-order valence-electron chi connectivity index (χ4n) is 3.31. The Balaban J connectivity index is 1.66. The Morgan fingerprint density at radius 2 is 2.18 bits per heavy atom. The standard InChI is InChI=1S/C16H20N6/c1-11-7-19-22(8-11)13-4-3-5-21(9-13)16-14-6-12(2)20-15(14)17-10-18-16/h6-8,10,13H,3-5,9H2,1-2H3,(H,17,18,20). The van der Waals surface area contributed by atoms with Gasteiger partial charge in [0.05, 0.1) is 17.6 Å². The van der Waals surface area contributed by atoms with Gasteiger partial charge in [0.15, 0.2) is 0 Å². The molecule has 1 atom stereocenters. The van der Waals surface area contributed by atoms with Crippen LogP contribution in [0.2, 0.25) is 0 Å². The van der Waals surface area contributed by atoms with Crippen molar-refractivity contribution in [1.29, 1.82) is 0 Å². The van der Waals surface area contributed by atoms with E-state index in [0.717, 1.165) is 48.5 Å². The Hall–Kier alpha value is -2.37. The minimum Gasteiger partial charge on any atom is -0.354 e. The van der Waals surface area contributed by atoms with Crippen molar-refractivity contribution in [2.75, 3.05) is 18.0 Å². The minimum absolute atomic E-state index is 0.410. The second kappa shape index (κ2) is 5.12. The zero-order chi connectivity index (χ0) is 15.1. The molecule has 6 nitrogen and oxygen atoms in total. The van der Waals surface area contributed by atoms with E-state index in [1.807, 2.05) is 6.20 Å². The molecule has 3 aromatic rings. The highest BCUT2D eigenvalue weighted by molar-refractivity contribution is 5.88. The molecule has 1 saturated heterocycles. The van der Waals surface area contributed by atoms with Crippen LogP contribution in [0.25, 0.3) is 11.0 Å². The summed E-state index contributed by atoms with van der Waals surface area (Å²) in [5.74, 6) is 1.03. The summed E-state index contributed by atoms with van der Waals surface area (Å²) in [6, 6.07) is 2.54. The second-order valence-electron chi connectivity index (χ2n) is 6.15. The first-order chi connectivity index (χ1) is 10.7. The average molecular weight is 296 g/mol. The molecule has 1 unspecified atom stereocenters. The van der Waals surface area contributed by atoms with E-state index in [0.29, 0.717) is 6.04 Å². The molecule has 3 aromatic heterocycles. The van der Waals surface area contributed by atoms with Crippen molar-refractivity contribution in [3.63, 3.8) is 0 Å². The predicted octanol–water partition coefficient (Wildman–Crippen LogP) is 2.61. The normalized spacial score (nSPS) is 19.0. The summed E-state index contributed by atoms with van der Waals surface area (Å²) in [5.41, 5.74) is 3.25. The molecule has 0 saturated carbocycles. The van der Waals surface area contributed by atoms with E-state index < -0.39 is 0 Å². The van der Waals surface area contributed by atoms with Crippen molar-refractivity contribution in [2.45, 2.75) is 32.7 Å². The molecule has 0 aromatic carbocycles. The number of aromatic amines is 1. The van der Waals surface area contributed by atoms with Gasteiger partial charge in [0.25, 0.3) is 0 Å². The van der Waals surface area contributed by atoms with Gasteiger partial charge in [-0.05, 0) is 38.3 Å². The molecule has 1 fully saturated rings. The molecule has 0 aliphatic carbocycles. The van der Waals surface area contributed by atoms with Gasteiger partial charge in [-0.25, -0.2) is 9.97 Å². The third-order valence-electron chi connectivity index (χ3n) is 4.34. The topological polar surface area (TPSA) is 62.6 Å². The first-order valence-corrected chi connectivity index (χ1v) is 7.77. The molecular weight excluding hydrogens is 276 g/mol. The molecule has 6 heteroatoms. The Kier molecular flexibility index (Phi) is 3.10. The quantitative estimate of drug-likeness (QED) is 0.789. The number of rotatable bonds is 2. The van der Waals surface area contributed by atoms with Gasteiger partial charge >= 0.3 is 0 Å². The van der Waals surface area contributed by atoms with Crippen molar-refractivity contribution >= 4 is 16.9 Å². The molecule has 1 aliphatic rings. The lowest BCUT2D eigenvalue weighted by Gasteiger charge is -2.33. The molecule has 4 heterocycles. The average Bonchev–Trinajstić information content (AvgIpc) is 3.11. The van der Waals surface area contributed by atoms with Crippen LogP contribution in [0, 0.1) is 13.8 Å². The lowest BCUT2D eigenvalue weighted by molar-refractivity contribution is 0.375. The van der Waals surface area contributed by atoms with Crippen LogP contribution in [-0.2, 0) is 0 Å². The van der Waals surface area contributed by atoms with Crippen molar-refractivity contribution in [2.24, 2.45) is 0 Å². The first kappa shape index (κ1) is 13.3. The zero-order valence-corrected chi connectivity index (χ0v) is 13.0. The van der Waals surface area contributed by atoms with E-state index in [1.165, 1.54) is 5.56 Å². The van der Waals surface area contributed by atoms with E-state index >= 15 is 0 Å². The zero-order valence-electron chi connectivity index (χ0n) is 13.0. The predicted molar refractivity (Wildman–Crippen MR) is 86.1 cm³/mol. The maximum Gasteiger partial charge on any atom is 0.143 e. The molecule has 114 valence electrons. The van der Waals surface area contributed by atoms with Gasteiger partial charge < -0.3 is 9.88 Å². The molecule has 0 spiro atoms. The van der Waals surface area contributed by atoms with E-state index in [-0.39, 0.29) is 0 Å². The molecule has 4 rings (SSSR count). The second-order valence-corrected chi connectivity index (χ2v) is 6.15. The smallest absolute Gasteiger partial charge is 0.143 e. The number of hydrogen-bond acceptors (Lipinski definition) is 4. The number of aryl methyl sites for hydroxylation is 2. The summed E-state index contributed by atoms with van der Waals surface area (Å²) in [6.07, 6.45) is 8.02. The molecule has 0 bridgehead atoms. The van der Waals surface area contributed by atoms with Crippen LogP contribution in [0.1, 0.15) is 30.1 Å². The third-order valence-corrected chi connectivity index (χ3v) is 4.34. The third kappa shape index (κ3) is 2.24. The number of aromatic nitrogens is 5. The van der Waals surface area contributed by atoms with Gasteiger partial charge in [-0.1, -0.05) is 0 Å². The van der Waals surface area contributed by atoms with Gasteiger partial charge in [-0.3, -0.25) is 4.68 Å². The van der Waals surface area contributed by atoms with Gasteiger partial charge in [0.2, 0.25) is 0 Å². The van der Waals surface area contributed by atoms with Crippen molar-refractivity contribution < 1.29 is 0 Å². The lowest BCUT2D eigenvalue weighted by atomic mass is 10.1. The highest BCUT2D eigenvalue weighted by Gasteiger charge is 2.24. The molecule has 22 heavy (non-hydrogen) atoms. The van der Waals surface area contributed by atoms with Gasteiger partial charge in [-0.2, -0.15) is 5.10 Å². The fraction of sp³-hybridized carbons (Fsp3) is 0.438. The van der Waals surface area contributed by atoms with Crippen molar-refractivity contribution in [3.8, 4) is 0 Å². The summed E-state index contributed by atoms with van der Waals surface area (Å²) < 4.78 is 2.10. The minimum atomic E-state index is 0.410. The Morgan fingerprint density at radius 3 is 3.00 bits per heavy atom. The number of nitrogens with one attached hydrogen (secondary N) is 1. The van der Waals surface area contributed by atoms with E-state index in [1.54, 1.807) is 6.33 Å².